The van der Waals surface area contributed by atoms with E-state index in [9.17, 15) is 8.42 Å². The molecule has 0 heterocycles. The second-order valence-electron chi connectivity index (χ2n) is 6.63. The van der Waals surface area contributed by atoms with Gasteiger partial charge >= 0.3 is 5.96 Å². The van der Waals surface area contributed by atoms with Gasteiger partial charge in [-0.3, -0.25) is 16.5 Å². The molecule has 5 nitrogen and oxygen atoms in total. The Balaban J connectivity index is 4.74. The van der Waals surface area contributed by atoms with Crippen LogP contribution >= 0.6 is 0 Å². The standard InChI is InChI=1S/C18H33N3O2S/c1-6-18(5,24(22,23)14-13-21-17(19)20)12-8-11-16(4)10-7-9-15(2)3/h6,9,11H,1,7-8,10,12-14H2,2-5H3,(H4,19,20,21)/p+1/b16-11+. The summed E-state index contributed by atoms with van der Waals surface area (Å²) in [6, 6.07) is 0. The molecule has 0 spiro atoms. The molecule has 0 amide bonds. The van der Waals surface area contributed by atoms with E-state index in [4.69, 9.17) is 11.5 Å². The average molecular weight is 357 g/mol. The van der Waals surface area contributed by atoms with Crippen LogP contribution in [0.2, 0.25) is 0 Å². The molecule has 138 valence electrons. The number of hydrogen-bond acceptors (Lipinski definition) is 2. The molecule has 0 rings (SSSR count). The highest BCUT2D eigenvalue weighted by Crippen LogP contribution is 2.26. The number of sulfone groups is 1. The molecule has 0 saturated heterocycles. The summed E-state index contributed by atoms with van der Waals surface area (Å²) in [5, 5.41) is 0. The first kappa shape index (κ1) is 22.4. The van der Waals surface area contributed by atoms with Crippen LogP contribution in [0.15, 0.2) is 36.0 Å². The molecule has 5 N–H and O–H groups in total. The van der Waals surface area contributed by atoms with Gasteiger partial charge < -0.3 is 0 Å². The minimum Gasteiger partial charge on any atom is -0.291 e. The highest BCUT2D eigenvalue weighted by Gasteiger charge is 2.35. The van der Waals surface area contributed by atoms with Crippen LogP contribution < -0.4 is 16.5 Å². The highest BCUT2D eigenvalue weighted by atomic mass is 32.2. The van der Waals surface area contributed by atoms with Crippen molar-refractivity contribution >= 4 is 15.8 Å². The summed E-state index contributed by atoms with van der Waals surface area (Å²) in [5.74, 6) is -0.00289. The second-order valence-corrected chi connectivity index (χ2v) is 9.20. The fraction of sp³-hybridized carbons (Fsp3) is 0.611. The summed E-state index contributed by atoms with van der Waals surface area (Å²) in [6.45, 7) is 11.9. The van der Waals surface area contributed by atoms with Gasteiger partial charge in [-0.25, -0.2) is 8.42 Å². The number of hydrogen-bond donors (Lipinski definition) is 3. The van der Waals surface area contributed by atoms with Crippen LogP contribution in [-0.2, 0) is 9.84 Å². The first-order valence-electron chi connectivity index (χ1n) is 8.30. The number of nitrogens with one attached hydrogen (secondary N) is 1. The fourth-order valence-electron chi connectivity index (χ4n) is 2.24. The van der Waals surface area contributed by atoms with Gasteiger partial charge in [-0.2, -0.15) is 0 Å². The van der Waals surface area contributed by atoms with Gasteiger partial charge in [0.15, 0.2) is 9.84 Å². The van der Waals surface area contributed by atoms with Crippen molar-refractivity contribution in [1.82, 2.24) is 0 Å². The van der Waals surface area contributed by atoms with Crippen LogP contribution in [-0.4, -0.2) is 31.4 Å². The number of nitrogens with two attached hydrogens (primary N) is 2. The molecule has 6 heteroatoms. The van der Waals surface area contributed by atoms with E-state index < -0.39 is 14.6 Å². The molecular formula is C18H34N3O2S+. The lowest BCUT2D eigenvalue weighted by Crippen LogP contribution is -2.79. The Hall–Kier alpha value is -1.56. The van der Waals surface area contributed by atoms with Crippen LogP contribution in [0.1, 0.15) is 53.4 Å². The van der Waals surface area contributed by atoms with E-state index in [0.29, 0.717) is 12.8 Å². The molecule has 0 radical (unpaired) electrons. The van der Waals surface area contributed by atoms with Crippen LogP contribution in [0.5, 0.6) is 0 Å². The maximum absolute atomic E-state index is 12.6. The molecule has 0 aromatic carbocycles. The largest absolute Gasteiger partial charge is 0.338 e. The minimum absolute atomic E-state index is 0.0282. The van der Waals surface area contributed by atoms with Crippen molar-refractivity contribution in [3.8, 4) is 0 Å². The second kappa shape index (κ2) is 10.3. The highest BCUT2D eigenvalue weighted by molar-refractivity contribution is 7.92. The Kier molecular flexibility index (Phi) is 9.66. The van der Waals surface area contributed by atoms with Crippen LogP contribution in [0.25, 0.3) is 0 Å². The summed E-state index contributed by atoms with van der Waals surface area (Å²) in [6.07, 6.45) is 9.11. The molecule has 0 fully saturated rings. The van der Waals surface area contributed by atoms with Crippen molar-refractivity contribution in [1.29, 1.82) is 0 Å². The van der Waals surface area contributed by atoms with E-state index in [-0.39, 0.29) is 18.3 Å². The van der Waals surface area contributed by atoms with Gasteiger partial charge in [0, 0.05) is 0 Å². The van der Waals surface area contributed by atoms with Crippen LogP contribution in [0.3, 0.4) is 0 Å². The van der Waals surface area contributed by atoms with Gasteiger partial charge in [0.05, 0.1) is 17.0 Å². The van der Waals surface area contributed by atoms with Gasteiger partial charge in [-0.1, -0.05) is 29.4 Å². The predicted octanol–water partition coefficient (Wildman–Crippen LogP) is 1.17. The third-order valence-electron chi connectivity index (χ3n) is 4.07. The first-order chi connectivity index (χ1) is 11.0. The maximum Gasteiger partial charge on any atom is 0.338 e. The molecule has 0 aromatic heterocycles. The zero-order valence-electron chi connectivity index (χ0n) is 15.6. The van der Waals surface area contributed by atoms with Crippen molar-refractivity contribution in [2.75, 3.05) is 12.3 Å². The van der Waals surface area contributed by atoms with Gasteiger partial charge in [-0.15, -0.1) is 6.58 Å². The lowest BCUT2D eigenvalue weighted by molar-refractivity contribution is -0.453. The Morgan fingerprint density at radius 1 is 1.17 bits per heavy atom. The zero-order valence-corrected chi connectivity index (χ0v) is 16.4. The molecule has 1 unspecified atom stereocenters. The SMILES string of the molecule is C=CC(C)(CC/C=C(\C)CCC=C(C)C)S(=O)(=O)CC[NH+]=C(N)N. The van der Waals surface area contributed by atoms with Crippen molar-refractivity contribution < 1.29 is 13.4 Å². The summed E-state index contributed by atoms with van der Waals surface area (Å²) in [7, 11) is -3.34. The summed E-state index contributed by atoms with van der Waals surface area (Å²) in [5.41, 5.74) is 13.2. The maximum atomic E-state index is 12.6. The Morgan fingerprint density at radius 2 is 1.79 bits per heavy atom. The third kappa shape index (κ3) is 8.34. The normalized spacial score (nSPS) is 14.6. The summed E-state index contributed by atoms with van der Waals surface area (Å²) >= 11 is 0. The fourth-order valence-corrected chi connectivity index (χ4v) is 3.76. The van der Waals surface area contributed by atoms with Crippen LogP contribution in [0.4, 0.5) is 0 Å². The quantitative estimate of drug-likeness (QED) is 0.294. The first-order valence-corrected chi connectivity index (χ1v) is 9.96. The zero-order chi connectivity index (χ0) is 18.8. The van der Waals surface area contributed by atoms with E-state index in [1.807, 2.05) is 0 Å². The van der Waals surface area contributed by atoms with Gasteiger partial charge in [0.2, 0.25) is 0 Å². The summed E-state index contributed by atoms with van der Waals surface area (Å²) in [4.78, 5) is 2.65. The Labute approximate surface area is 147 Å². The van der Waals surface area contributed by atoms with E-state index in [1.165, 1.54) is 17.2 Å². The predicted molar refractivity (Wildman–Crippen MR) is 103 cm³/mol. The molecule has 0 bridgehead atoms. The Morgan fingerprint density at radius 3 is 2.29 bits per heavy atom. The molecular weight excluding hydrogens is 322 g/mol. The van der Waals surface area contributed by atoms with E-state index in [1.54, 1.807) is 6.92 Å². The number of guanidine groups is 1. The molecule has 0 aliphatic carbocycles. The van der Waals surface area contributed by atoms with Crippen LogP contribution in [0, 0.1) is 0 Å². The number of allylic oxidation sites excluding steroid dienone is 4. The van der Waals surface area contributed by atoms with E-state index in [0.717, 1.165) is 12.8 Å². The lowest BCUT2D eigenvalue weighted by atomic mass is 10.0. The minimum atomic E-state index is -3.34. The molecule has 0 aromatic rings. The number of rotatable bonds is 11. The van der Waals surface area contributed by atoms with Crippen molar-refractivity contribution in [2.45, 2.75) is 58.1 Å². The van der Waals surface area contributed by atoms with Gasteiger partial charge in [-0.05, 0) is 53.4 Å². The topological polar surface area (TPSA) is 100 Å². The van der Waals surface area contributed by atoms with Crippen molar-refractivity contribution in [3.63, 3.8) is 0 Å². The molecule has 24 heavy (non-hydrogen) atoms. The lowest BCUT2D eigenvalue weighted by Gasteiger charge is -2.25. The molecule has 0 aliphatic rings. The van der Waals surface area contributed by atoms with E-state index in [2.05, 4.69) is 44.5 Å². The van der Waals surface area contributed by atoms with Gasteiger partial charge in [0.25, 0.3) is 0 Å². The Bertz CT molecular complexity index is 596. The summed E-state index contributed by atoms with van der Waals surface area (Å²) < 4.78 is 24.2. The van der Waals surface area contributed by atoms with Crippen molar-refractivity contribution in [2.24, 2.45) is 11.5 Å². The molecule has 0 aliphatic heterocycles. The van der Waals surface area contributed by atoms with Gasteiger partial charge in [0.1, 0.15) is 0 Å². The monoisotopic (exact) mass is 356 g/mol. The molecule has 1 atom stereocenters. The van der Waals surface area contributed by atoms with Crippen molar-refractivity contribution in [3.05, 3.63) is 36.0 Å². The average Bonchev–Trinajstić information content (AvgIpc) is 2.45. The smallest absolute Gasteiger partial charge is 0.291 e. The van der Waals surface area contributed by atoms with E-state index >= 15 is 0 Å². The molecule has 0 saturated carbocycles. The third-order valence-corrected chi connectivity index (χ3v) is 6.60.